The lowest BCUT2D eigenvalue weighted by Crippen LogP contribution is -2.35. The van der Waals surface area contributed by atoms with Crippen molar-refractivity contribution in [1.82, 2.24) is 19.1 Å². The molecule has 0 spiro atoms. The van der Waals surface area contributed by atoms with Gasteiger partial charge in [0.1, 0.15) is 17.9 Å². The maximum atomic E-state index is 13.7. The quantitative estimate of drug-likeness (QED) is 0.208. The number of allylic oxidation sites excluding steroid dienone is 1. The molecular formula is C34H35F3N4O6S. The number of hydrogen-bond acceptors (Lipinski definition) is 6. The molecule has 1 aliphatic carbocycles. The van der Waals surface area contributed by atoms with Gasteiger partial charge in [0, 0.05) is 22.0 Å². The van der Waals surface area contributed by atoms with Gasteiger partial charge in [-0.1, -0.05) is 25.3 Å². The van der Waals surface area contributed by atoms with E-state index in [9.17, 15) is 36.3 Å². The standard InChI is InChI=1S/C34H35F3N4O6S/c1-19(2)48(45,46)39-32(42)21-9-11-26-28(15-21)40-17-23(30-27(33(43)44)16-38-41(30)18-34(35,36)37)13-22-14-24(47-3)10-12-25(22)31(40)29(26)20-7-5-4-6-8-20/h9-16,19-20H,4-8,17-18H2,1-3H3,(H,39,42)(H,43,44). The van der Waals surface area contributed by atoms with Crippen LogP contribution < -0.4 is 9.46 Å². The maximum Gasteiger partial charge on any atom is 0.408 e. The summed E-state index contributed by atoms with van der Waals surface area (Å²) in [5.74, 6) is -1.60. The fourth-order valence-electron chi connectivity index (χ4n) is 6.80. The van der Waals surface area contributed by atoms with E-state index in [0.29, 0.717) is 21.5 Å². The van der Waals surface area contributed by atoms with E-state index in [1.807, 2.05) is 10.6 Å². The Hall–Kier alpha value is -4.59. The zero-order valence-corrected chi connectivity index (χ0v) is 27.4. The Balaban J connectivity index is 1.64. The fourth-order valence-corrected chi connectivity index (χ4v) is 7.41. The van der Waals surface area contributed by atoms with E-state index in [1.54, 1.807) is 36.4 Å². The summed E-state index contributed by atoms with van der Waals surface area (Å²) in [6.07, 6.45) is 2.86. The Morgan fingerprint density at radius 1 is 1.08 bits per heavy atom. The van der Waals surface area contributed by atoms with E-state index in [4.69, 9.17) is 4.74 Å². The number of ether oxygens (including phenoxy) is 1. The number of rotatable bonds is 8. The first-order chi connectivity index (χ1) is 22.7. The molecule has 2 N–H and O–H groups in total. The summed E-state index contributed by atoms with van der Waals surface area (Å²) in [6.45, 7) is 1.35. The Bertz CT molecular complexity index is 2070. The number of amides is 1. The second-order valence-corrected chi connectivity index (χ2v) is 14.8. The van der Waals surface area contributed by atoms with E-state index >= 15 is 0 Å². The highest BCUT2D eigenvalue weighted by Gasteiger charge is 2.35. The predicted octanol–water partition coefficient (Wildman–Crippen LogP) is 6.84. The molecule has 2 aliphatic rings. The van der Waals surface area contributed by atoms with E-state index in [2.05, 4.69) is 9.82 Å². The van der Waals surface area contributed by atoms with Crippen LogP contribution in [0.4, 0.5) is 13.2 Å². The van der Waals surface area contributed by atoms with Crippen molar-refractivity contribution in [2.24, 2.45) is 0 Å². The number of benzene rings is 2. The number of carboxylic acids is 1. The molecule has 0 radical (unpaired) electrons. The third-order valence-electron chi connectivity index (χ3n) is 9.11. The van der Waals surface area contributed by atoms with Gasteiger partial charge >= 0.3 is 12.1 Å². The number of fused-ring (bicyclic) bond motifs is 5. The zero-order chi connectivity index (χ0) is 34.5. The number of nitrogens with zero attached hydrogens (tertiary/aromatic N) is 3. The van der Waals surface area contributed by atoms with E-state index in [1.165, 1.54) is 21.0 Å². The molecule has 14 heteroatoms. The van der Waals surface area contributed by atoms with Gasteiger partial charge in [0.2, 0.25) is 10.0 Å². The molecule has 2 aromatic carbocycles. The zero-order valence-electron chi connectivity index (χ0n) is 26.6. The van der Waals surface area contributed by atoms with E-state index in [0.717, 1.165) is 60.5 Å². The van der Waals surface area contributed by atoms with Crippen LogP contribution in [0.3, 0.4) is 0 Å². The van der Waals surface area contributed by atoms with Gasteiger partial charge in [-0.2, -0.15) is 18.3 Å². The molecule has 0 saturated heterocycles. The molecule has 254 valence electrons. The number of carbonyl (C=O) groups excluding carboxylic acids is 1. The Kier molecular flexibility index (Phi) is 8.65. The Morgan fingerprint density at radius 2 is 1.81 bits per heavy atom. The van der Waals surface area contributed by atoms with Crippen molar-refractivity contribution < 1.29 is 41.0 Å². The number of sulfonamides is 1. The number of alkyl halides is 3. The van der Waals surface area contributed by atoms with Crippen molar-refractivity contribution in [2.45, 2.75) is 76.4 Å². The molecule has 3 heterocycles. The number of methoxy groups -OCH3 is 1. The SMILES string of the molecule is COc1ccc2c(c1)C=C(c1c(C(=O)O)cnn1CC(F)(F)F)Cn1c-2c(C2CCCCC2)c2ccc(C(=O)NS(=O)(=O)C(C)C)cc21. The minimum Gasteiger partial charge on any atom is -0.497 e. The molecule has 1 amide bonds. The van der Waals surface area contributed by atoms with Crippen molar-refractivity contribution in [3.8, 4) is 17.0 Å². The summed E-state index contributed by atoms with van der Waals surface area (Å²) in [6, 6.07) is 10.4. The molecule has 0 atom stereocenters. The summed E-state index contributed by atoms with van der Waals surface area (Å²) in [4.78, 5) is 25.6. The number of carbonyl (C=O) groups is 2. The van der Waals surface area contributed by atoms with Crippen LogP contribution >= 0.6 is 0 Å². The first-order valence-corrected chi connectivity index (χ1v) is 17.2. The molecule has 0 unspecified atom stereocenters. The first-order valence-electron chi connectivity index (χ1n) is 15.7. The highest BCUT2D eigenvalue weighted by Crippen LogP contribution is 2.48. The third-order valence-corrected chi connectivity index (χ3v) is 10.8. The number of aromatic carboxylic acids is 1. The topological polar surface area (TPSA) is 133 Å². The van der Waals surface area contributed by atoms with Crippen molar-refractivity contribution in [3.63, 3.8) is 0 Å². The van der Waals surface area contributed by atoms with E-state index in [-0.39, 0.29) is 34.9 Å². The summed E-state index contributed by atoms with van der Waals surface area (Å²) >= 11 is 0. The average molecular weight is 685 g/mol. The highest BCUT2D eigenvalue weighted by molar-refractivity contribution is 7.90. The van der Waals surface area contributed by atoms with Gasteiger partial charge < -0.3 is 14.4 Å². The van der Waals surface area contributed by atoms with Crippen LogP contribution in [0.1, 0.15) is 89.4 Å². The van der Waals surface area contributed by atoms with Crippen molar-refractivity contribution in [1.29, 1.82) is 0 Å². The fraction of sp³-hybridized carbons (Fsp3) is 0.382. The van der Waals surface area contributed by atoms with Gasteiger partial charge in [-0.15, -0.1) is 0 Å². The minimum absolute atomic E-state index is 0.0608. The van der Waals surface area contributed by atoms with Crippen molar-refractivity contribution >= 4 is 44.5 Å². The third kappa shape index (κ3) is 6.20. The lowest BCUT2D eigenvalue weighted by molar-refractivity contribution is -0.142. The van der Waals surface area contributed by atoms with Gasteiger partial charge in [-0.05, 0) is 85.7 Å². The van der Waals surface area contributed by atoms with Crippen LogP contribution in [0.5, 0.6) is 5.75 Å². The van der Waals surface area contributed by atoms with Gasteiger partial charge in [-0.25, -0.2) is 17.9 Å². The van der Waals surface area contributed by atoms with Crippen LogP contribution in [0.2, 0.25) is 0 Å². The van der Waals surface area contributed by atoms with Crippen LogP contribution in [0, 0.1) is 0 Å². The van der Waals surface area contributed by atoms with Gasteiger partial charge in [0.15, 0.2) is 0 Å². The molecule has 1 saturated carbocycles. The second-order valence-electron chi connectivity index (χ2n) is 12.5. The molecule has 2 aromatic heterocycles. The van der Waals surface area contributed by atoms with Crippen LogP contribution in [-0.2, 0) is 23.1 Å². The van der Waals surface area contributed by atoms with Crippen molar-refractivity contribution in [3.05, 3.63) is 70.5 Å². The summed E-state index contributed by atoms with van der Waals surface area (Å²) in [7, 11) is -2.44. The molecule has 0 bridgehead atoms. The average Bonchev–Trinajstić information content (AvgIpc) is 3.53. The molecule has 48 heavy (non-hydrogen) atoms. The lowest BCUT2D eigenvalue weighted by atomic mass is 9.81. The van der Waals surface area contributed by atoms with Crippen LogP contribution in [0.15, 0.2) is 42.6 Å². The molecule has 6 rings (SSSR count). The number of aromatic nitrogens is 3. The smallest absolute Gasteiger partial charge is 0.408 e. The summed E-state index contributed by atoms with van der Waals surface area (Å²) in [5, 5.41) is 13.9. The van der Waals surface area contributed by atoms with Crippen molar-refractivity contribution in [2.75, 3.05) is 7.11 Å². The summed E-state index contributed by atoms with van der Waals surface area (Å²) < 4.78 is 76.5. The highest BCUT2D eigenvalue weighted by atomic mass is 32.2. The molecular weight excluding hydrogens is 649 g/mol. The number of halogens is 3. The van der Waals surface area contributed by atoms with Gasteiger partial charge in [0.05, 0.1) is 36.5 Å². The largest absolute Gasteiger partial charge is 0.497 e. The molecule has 1 fully saturated rings. The maximum absolute atomic E-state index is 13.7. The van der Waals surface area contributed by atoms with Gasteiger partial charge in [0.25, 0.3) is 5.91 Å². The Morgan fingerprint density at radius 3 is 2.46 bits per heavy atom. The van der Waals surface area contributed by atoms with Gasteiger partial charge in [-0.3, -0.25) is 9.48 Å². The second kappa shape index (κ2) is 12.5. The minimum atomic E-state index is -4.68. The predicted molar refractivity (Wildman–Crippen MR) is 174 cm³/mol. The monoisotopic (exact) mass is 684 g/mol. The lowest BCUT2D eigenvalue weighted by Gasteiger charge is -2.24. The van der Waals surface area contributed by atoms with E-state index < -0.39 is 39.9 Å². The normalized spacial score (nSPS) is 15.5. The summed E-state index contributed by atoms with van der Waals surface area (Å²) in [5.41, 5.74) is 3.51. The number of carboxylic acid groups (broad SMARTS) is 1. The van der Waals surface area contributed by atoms with Crippen LogP contribution in [-0.4, -0.2) is 58.3 Å². The number of hydrogen-bond donors (Lipinski definition) is 2. The molecule has 10 nitrogen and oxygen atoms in total. The first kappa shape index (κ1) is 33.3. The molecule has 1 aliphatic heterocycles. The Labute approximate surface area is 275 Å². The molecule has 4 aromatic rings. The number of nitrogens with one attached hydrogen (secondary N) is 1. The van der Waals surface area contributed by atoms with Crippen LogP contribution in [0.25, 0.3) is 33.8 Å².